The van der Waals surface area contributed by atoms with E-state index in [4.69, 9.17) is 4.52 Å². The number of H-pyrrole nitrogens is 1. The van der Waals surface area contributed by atoms with E-state index in [2.05, 4.69) is 20.3 Å². The number of carbonyl (C=O) groups is 1. The maximum Gasteiger partial charge on any atom is 0.274 e. The average Bonchev–Trinajstić information content (AvgIpc) is 3.23. The Labute approximate surface area is 121 Å². The number of hydrogen-bond acceptors (Lipinski definition) is 5. The van der Waals surface area contributed by atoms with Gasteiger partial charge in [0.05, 0.1) is 0 Å². The summed E-state index contributed by atoms with van der Waals surface area (Å²) in [7, 11) is 0. The standard InChI is InChI=1S/C14H17N5O2/c20-14(12-10-4-1-5-11(10)16-17-12)19-6-2-3-9(7-19)13-15-8-21-18-13/h8-9H,1-7H2,(H,16,17). The zero-order chi connectivity index (χ0) is 14.2. The second kappa shape index (κ2) is 4.98. The van der Waals surface area contributed by atoms with Crippen LogP contribution in [0.1, 0.15) is 52.8 Å². The number of nitrogens with one attached hydrogen (secondary N) is 1. The largest absolute Gasteiger partial charge is 0.343 e. The first kappa shape index (κ1) is 12.6. The highest BCUT2D eigenvalue weighted by Gasteiger charge is 2.31. The zero-order valence-electron chi connectivity index (χ0n) is 11.7. The number of likely N-dealkylation sites (tertiary alicyclic amines) is 1. The van der Waals surface area contributed by atoms with Gasteiger partial charge in [-0.3, -0.25) is 9.89 Å². The average molecular weight is 287 g/mol. The summed E-state index contributed by atoms with van der Waals surface area (Å²) in [5.74, 6) is 0.885. The van der Waals surface area contributed by atoms with Crippen LogP contribution in [0, 0.1) is 0 Å². The molecule has 1 amide bonds. The minimum Gasteiger partial charge on any atom is -0.343 e. The third kappa shape index (κ3) is 2.12. The third-order valence-corrected chi connectivity index (χ3v) is 4.46. The number of amides is 1. The topological polar surface area (TPSA) is 87.9 Å². The molecule has 2 aromatic heterocycles. The van der Waals surface area contributed by atoms with E-state index in [0.29, 0.717) is 18.1 Å². The summed E-state index contributed by atoms with van der Waals surface area (Å²) in [4.78, 5) is 18.7. The first-order valence-electron chi connectivity index (χ1n) is 7.44. The van der Waals surface area contributed by atoms with Crippen LogP contribution in [0.25, 0.3) is 0 Å². The molecule has 1 aliphatic carbocycles. The lowest BCUT2D eigenvalue weighted by molar-refractivity contribution is 0.0696. The highest BCUT2D eigenvalue weighted by atomic mass is 16.5. The molecule has 0 saturated carbocycles. The van der Waals surface area contributed by atoms with Crippen molar-refractivity contribution in [1.82, 2.24) is 25.2 Å². The van der Waals surface area contributed by atoms with Crippen molar-refractivity contribution in [3.63, 3.8) is 0 Å². The van der Waals surface area contributed by atoms with E-state index in [1.54, 1.807) is 0 Å². The lowest BCUT2D eigenvalue weighted by atomic mass is 9.97. The molecule has 0 aromatic carbocycles. The molecule has 2 aliphatic rings. The molecule has 21 heavy (non-hydrogen) atoms. The summed E-state index contributed by atoms with van der Waals surface area (Å²) in [6, 6.07) is 0. The normalized spacial score (nSPS) is 21.5. The number of fused-ring (bicyclic) bond motifs is 1. The van der Waals surface area contributed by atoms with Crippen LogP contribution in [0.5, 0.6) is 0 Å². The van der Waals surface area contributed by atoms with Crippen molar-refractivity contribution in [2.75, 3.05) is 13.1 Å². The number of aryl methyl sites for hydroxylation is 1. The van der Waals surface area contributed by atoms with Gasteiger partial charge in [-0.2, -0.15) is 10.1 Å². The number of carbonyl (C=O) groups excluding carboxylic acids is 1. The van der Waals surface area contributed by atoms with E-state index in [1.165, 1.54) is 6.39 Å². The molecule has 0 radical (unpaired) electrons. The molecule has 1 fully saturated rings. The molecule has 2 aromatic rings. The number of nitrogens with zero attached hydrogens (tertiary/aromatic N) is 4. The molecular weight excluding hydrogens is 270 g/mol. The van der Waals surface area contributed by atoms with Gasteiger partial charge in [0, 0.05) is 30.3 Å². The quantitative estimate of drug-likeness (QED) is 0.899. The van der Waals surface area contributed by atoms with Crippen LogP contribution in [-0.4, -0.2) is 44.2 Å². The number of piperidine rings is 1. The molecule has 1 aliphatic heterocycles. The molecule has 0 bridgehead atoms. The van der Waals surface area contributed by atoms with Crippen molar-refractivity contribution < 1.29 is 9.32 Å². The summed E-state index contributed by atoms with van der Waals surface area (Å²) in [6.45, 7) is 1.41. The zero-order valence-corrected chi connectivity index (χ0v) is 11.7. The molecular formula is C14H17N5O2. The van der Waals surface area contributed by atoms with Crippen molar-refractivity contribution in [3.8, 4) is 0 Å². The van der Waals surface area contributed by atoms with Gasteiger partial charge in [-0.05, 0) is 32.1 Å². The summed E-state index contributed by atoms with van der Waals surface area (Å²) in [5, 5.41) is 11.2. The number of aromatic nitrogens is 4. The smallest absolute Gasteiger partial charge is 0.274 e. The van der Waals surface area contributed by atoms with E-state index >= 15 is 0 Å². The Morgan fingerprint density at radius 1 is 1.38 bits per heavy atom. The van der Waals surface area contributed by atoms with E-state index in [0.717, 1.165) is 49.9 Å². The second-order valence-corrected chi connectivity index (χ2v) is 5.76. The second-order valence-electron chi connectivity index (χ2n) is 5.76. The lowest BCUT2D eigenvalue weighted by Crippen LogP contribution is -2.39. The van der Waals surface area contributed by atoms with Crippen LogP contribution in [0.15, 0.2) is 10.9 Å². The van der Waals surface area contributed by atoms with E-state index in [-0.39, 0.29) is 11.8 Å². The Kier molecular flexibility index (Phi) is 2.98. The Morgan fingerprint density at radius 3 is 3.19 bits per heavy atom. The fourth-order valence-electron chi connectivity index (χ4n) is 3.38. The van der Waals surface area contributed by atoms with Crippen molar-refractivity contribution >= 4 is 5.91 Å². The molecule has 4 rings (SSSR count). The Balaban J connectivity index is 1.54. The number of hydrogen-bond donors (Lipinski definition) is 1. The van der Waals surface area contributed by atoms with Crippen molar-refractivity contribution in [3.05, 3.63) is 29.2 Å². The lowest BCUT2D eigenvalue weighted by Gasteiger charge is -2.30. The van der Waals surface area contributed by atoms with Gasteiger partial charge in [0.25, 0.3) is 5.91 Å². The molecule has 1 unspecified atom stereocenters. The Hall–Kier alpha value is -2.18. The summed E-state index contributed by atoms with van der Waals surface area (Å²) in [5.41, 5.74) is 2.85. The molecule has 1 atom stereocenters. The minimum absolute atomic E-state index is 0.0302. The first-order valence-corrected chi connectivity index (χ1v) is 7.44. The molecule has 7 heteroatoms. The van der Waals surface area contributed by atoms with Crippen molar-refractivity contribution in [2.24, 2.45) is 0 Å². The van der Waals surface area contributed by atoms with Crippen molar-refractivity contribution in [1.29, 1.82) is 0 Å². The Bertz CT molecular complexity index is 648. The van der Waals surface area contributed by atoms with E-state index in [9.17, 15) is 4.79 Å². The van der Waals surface area contributed by atoms with E-state index < -0.39 is 0 Å². The molecule has 3 heterocycles. The van der Waals surface area contributed by atoms with E-state index in [1.807, 2.05) is 4.90 Å². The fraction of sp³-hybridized carbons (Fsp3) is 0.571. The minimum atomic E-state index is 0.0302. The van der Waals surface area contributed by atoms with Crippen LogP contribution in [0.2, 0.25) is 0 Å². The molecule has 110 valence electrons. The fourth-order valence-corrected chi connectivity index (χ4v) is 3.38. The third-order valence-electron chi connectivity index (χ3n) is 4.46. The summed E-state index contributed by atoms with van der Waals surface area (Å²) < 4.78 is 4.81. The maximum absolute atomic E-state index is 12.7. The van der Waals surface area contributed by atoms with Gasteiger partial charge in [-0.25, -0.2) is 0 Å². The monoisotopic (exact) mass is 287 g/mol. The van der Waals surface area contributed by atoms with Gasteiger partial charge in [0.1, 0.15) is 0 Å². The van der Waals surface area contributed by atoms with Crippen LogP contribution in [0.3, 0.4) is 0 Å². The van der Waals surface area contributed by atoms with Crippen LogP contribution >= 0.6 is 0 Å². The Morgan fingerprint density at radius 2 is 2.33 bits per heavy atom. The first-order chi connectivity index (χ1) is 10.3. The number of aromatic amines is 1. The summed E-state index contributed by atoms with van der Waals surface area (Å²) >= 11 is 0. The number of rotatable bonds is 2. The molecule has 1 N–H and O–H groups in total. The van der Waals surface area contributed by atoms with Gasteiger partial charge in [-0.1, -0.05) is 5.16 Å². The highest BCUT2D eigenvalue weighted by Crippen LogP contribution is 2.28. The molecule has 0 spiro atoms. The highest BCUT2D eigenvalue weighted by molar-refractivity contribution is 5.94. The SMILES string of the molecule is O=C(c1n[nH]c2c1CCC2)N1CCCC(c2ncon2)C1. The van der Waals surface area contributed by atoms with Gasteiger partial charge in [-0.15, -0.1) is 0 Å². The molecule has 7 nitrogen and oxygen atoms in total. The van der Waals surface area contributed by atoms with Crippen LogP contribution in [0.4, 0.5) is 0 Å². The van der Waals surface area contributed by atoms with Gasteiger partial charge in [0.15, 0.2) is 11.5 Å². The maximum atomic E-state index is 12.7. The van der Waals surface area contributed by atoms with Crippen molar-refractivity contribution in [2.45, 2.75) is 38.0 Å². The van der Waals surface area contributed by atoms with Crippen LogP contribution < -0.4 is 0 Å². The summed E-state index contributed by atoms with van der Waals surface area (Å²) in [6.07, 6.45) is 6.35. The van der Waals surface area contributed by atoms with Gasteiger partial charge < -0.3 is 9.42 Å². The predicted molar refractivity (Wildman–Crippen MR) is 72.8 cm³/mol. The molecule has 1 saturated heterocycles. The predicted octanol–water partition coefficient (Wildman–Crippen LogP) is 1.30. The van der Waals surface area contributed by atoms with Crippen LogP contribution in [-0.2, 0) is 12.8 Å². The van der Waals surface area contributed by atoms with Gasteiger partial charge in [0.2, 0.25) is 6.39 Å². The van der Waals surface area contributed by atoms with Gasteiger partial charge >= 0.3 is 0 Å².